The second-order valence-corrected chi connectivity index (χ2v) is 6.11. The van der Waals surface area contributed by atoms with Gasteiger partial charge >= 0.3 is 5.97 Å². The summed E-state index contributed by atoms with van der Waals surface area (Å²) in [5.74, 6) is -1.38. The van der Waals surface area contributed by atoms with E-state index in [4.69, 9.17) is 0 Å². The van der Waals surface area contributed by atoms with Crippen molar-refractivity contribution in [3.8, 4) is 11.3 Å². The summed E-state index contributed by atoms with van der Waals surface area (Å²) < 4.78 is 0. The number of pyridine rings is 1. The Kier molecular flexibility index (Phi) is 4.21. The number of aliphatic carboxylic acids is 1. The molecule has 3 rings (SSSR count). The van der Waals surface area contributed by atoms with E-state index >= 15 is 0 Å². The van der Waals surface area contributed by atoms with Gasteiger partial charge in [0.1, 0.15) is 0 Å². The smallest absolute Gasteiger partial charge is 0.310 e. The zero-order chi connectivity index (χ0) is 17.3. The third-order valence-corrected chi connectivity index (χ3v) is 4.31. The Bertz CT molecular complexity index is 903. The predicted octanol–water partition coefficient (Wildman–Crippen LogP) is 4.16. The first kappa shape index (κ1) is 16.0. The number of hydrogen-bond acceptors (Lipinski definition) is 3. The lowest BCUT2D eigenvalue weighted by Gasteiger charge is -2.15. The van der Waals surface area contributed by atoms with Crippen molar-refractivity contribution in [1.82, 2.24) is 4.98 Å². The van der Waals surface area contributed by atoms with E-state index in [-0.39, 0.29) is 0 Å². The number of anilines is 1. The van der Waals surface area contributed by atoms with Gasteiger partial charge in [-0.3, -0.25) is 9.78 Å². The van der Waals surface area contributed by atoms with E-state index in [0.29, 0.717) is 0 Å². The van der Waals surface area contributed by atoms with Crippen LogP contribution >= 0.6 is 0 Å². The fourth-order valence-electron chi connectivity index (χ4n) is 2.90. The molecule has 1 heterocycles. The molecule has 4 nitrogen and oxygen atoms in total. The number of nitrogens with zero attached hydrogens (tertiary/aromatic N) is 2. The van der Waals surface area contributed by atoms with Crippen LogP contribution in [-0.2, 0) is 4.79 Å². The highest BCUT2D eigenvalue weighted by Gasteiger charge is 2.17. The molecule has 1 aromatic heterocycles. The molecular formula is C20H20N2O2. The molecular weight excluding hydrogens is 300 g/mol. The Balaban J connectivity index is 2.22. The fourth-order valence-corrected chi connectivity index (χ4v) is 2.90. The number of aromatic nitrogens is 1. The Morgan fingerprint density at radius 3 is 2.54 bits per heavy atom. The van der Waals surface area contributed by atoms with E-state index < -0.39 is 11.9 Å². The average molecular weight is 320 g/mol. The van der Waals surface area contributed by atoms with E-state index in [1.807, 2.05) is 61.5 Å². The van der Waals surface area contributed by atoms with Crippen molar-refractivity contribution in [2.45, 2.75) is 12.8 Å². The van der Waals surface area contributed by atoms with Crippen molar-refractivity contribution < 1.29 is 9.90 Å². The van der Waals surface area contributed by atoms with E-state index in [0.717, 1.165) is 33.3 Å². The second-order valence-electron chi connectivity index (χ2n) is 6.11. The first-order chi connectivity index (χ1) is 11.5. The van der Waals surface area contributed by atoms with Gasteiger partial charge in [0.2, 0.25) is 0 Å². The highest BCUT2D eigenvalue weighted by atomic mass is 16.4. The monoisotopic (exact) mass is 320 g/mol. The second kappa shape index (κ2) is 6.32. The van der Waals surface area contributed by atoms with Crippen LogP contribution in [-0.4, -0.2) is 30.2 Å². The standard InChI is InChI=1S/C20H20N2O2/c1-13(20(23)24)16-8-5-9-18-17(16)10-11-21-19(18)14-6-4-7-15(12-14)22(2)3/h4-13H,1-3H3,(H,23,24). The number of rotatable bonds is 4. The van der Waals surface area contributed by atoms with Gasteiger partial charge in [-0.15, -0.1) is 0 Å². The normalized spacial score (nSPS) is 12.1. The first-order valence-corrected chi connectivity index (χ1v) is 7.87. The quantitative estimate of drug-likeness (QED) is 0.784. The molecule has 2 aromatic carbocycles. The predicted molar refractivity (Wildman–Crippen MR) is 97.6 cm³/mol. The minimum Gasteiger partial charge on any atom is -0.481 e. The lowest BCUT2D eigenvalue weighted by Crippen LogP contribution is -2.08. The van der Waals surface area contributed by atoms with Gasteiger partial charge in [0.25, 0.3) is 0 Å². The molecule has 1 unspecified atom stereocenters. The highest BCUT2D eigenvalue weighted by molar-refractivity contribution is 5.98. The number of benzene rings is 2. The maximum atomic E-state index is 11.4. The molecule has 24 heavy (non-hydrogen) atoms. The number of carboxylic acids is 1. The van der Waals surface area contributed by atoms with Crippen LogP contribution in [0.5, 0.6) is 0 Å². The summed E-state index contributed by atoms with van der Waals surface area (Å²) >= 11 is 0. The van der Waals surface area contributed by atoms with Crippen LogP contribution < -0.4 is 4.90 Å². The SMILES string of the molecule is CC(C(=O)O)c1cccc2c(-c3cccc(N(C)C)c3)nccc12. The largest absolute Gasteiger partial charge is 0.481 e. The first-order valence-electron chi connectivity index (χ1n) is 7.87. The molecule has 1 atom stereocenters. The Morgan fingerprint density at radius 1 is 1.08 bits per heavy atom. The minimum atomic E-state index is -0.824. The Morgan fingerprint density at radius 2 is 1.83 bits per heavy atom. The number of hydrogen-bond donors (Lipinski definition) is 1. The molecule has 0 spiro atoms. The van der Waals surface area contributed by atoms with E-state index in [2.05, 4.69) is 11.1 Å². The number of carboxylic acid groups (broad SMARTS) is 1. The fraction of sp³-hybridized carbons (Fsp3) is 0.200. The van der Waals surface area contributed by atoms with Crippen LogP contribution in [0.25, 0.3) is 22.0 Å². The summed E-state index contributed by atoms with van der Waals surface area (Å²) in [6.07, 6.45) is 1.75. The summed E-state index contributed by atoms with van der Waals surface area (Å²) in [5.41, 5.74) is 3.80. The van der Waals surface area contributed by atoms with Gasteiger partial charge in [0.05, 0.1) is 11.6 Å². The van der Waals surface area contributed by atoms with Gasteiger partial charge in [-0.1, -0.05) is 30.3 Å². The third-order valence-electron chi connectivity index (χ3n) is 4.31. The lowest BCUT2D eigenvalue weighted by molar-refractivity contribution is -0.138. The van der Waals surface area contributed by atoms with Gasteiger partial charge in [0.15, 0.2) is 0 Å². The molecule has 1 N–H and O–H groups in total. The summed E-state index contributed by atoms with van der Waals surface area (Å²) in [5, 5.41) is 11.3. The van der Waals surface area contributed by atoms with Crippen LogP contribution in [0, 0.1) is 0 Å². The summed E-state index contributed by atoms with van der Waals surface area (Å²) in [6, 6.07) is 15.8. The van der Waals surface area contributed by atoms with E-state index in [1.54, 1.807) is 13.1 Å². The van der Waals surface area contributed by atoms with Gasteiger partial charge < -0.3 is 10.0 Å². The van der Waals surface area contributed by atoms with Gasteiger partial charge in [-0.2, -0.15) is 0 Å². The van der Waals surface area contributed by atoms with Gasteiger partial charge in [-0.05, 0) is 36.1 Å². The summed E-state index contributed by atoms with van der Waals surface area (Å²) in [4.78, 5) is 18.0. The number of fused-ring (bicyclic) bond motifs is 1. The van der Waals surface area contributed by atoms with Crippen molar-refractivity contribution >= 4 is 22.4 Å². The van der Waals surface area contributed by atoms with Crippen molar-refractivity contribution in [2.75, 3.05) is 19.0 Å². The molecule has 122 valence electrons. The zero-order valence-electron chi connectivity index (χ0n) is 14.0. The molecule has 0 saturated heterocycles. The zero-order valence-corrected chi connectivity index (χ0v) is 14.0. The molecule has 0 saturated carbocycles. The van der Waals surface area contributed by atoms with Crippen LogP contribution in [0.4, 0.5) is 5.69 Å². The molecule has 0 radical (unpaired) electrons. The maximum absolute atomic E-state index is 11.4. The highest BCUT2D eigenvalue weighted by Crippen LogP contribution is 2.32. The third kappa shape index (κ3) is 2.83. The Hall–Kier alpha value is -2.88. The Labute approximate surface area is 141 Å². The van der Waals surface area contributed by atoms with Crippen molar-refractivity contribution in [2.24, 2.45) is 0 Å². The molecule has 3 aromatic rings. The van der Waals surface area contributed by atoms with Crippen LogP contribution in [0.15, 0.2) is 54.7 Å². The van der Waals surface area contributed by atoms with E-state index in [9.17, 15) is 9.90 Å². The average Bonchev–Trinajstić information content (AvgIpc) is 2.60. The number of carbonyl (C=O) groups is 1. The topological polar surface area (TPSA) is 53.4 Å². The van der Waals surface area contributed by atoms with Crippen molar-refractivity contribution in [3.63, 3.8) is 0 Å². The summed E-state index contributed by atoms with van der Waals surface area (Å²) in [7, 11) is 4.00. The molecule has 0 fully saturated rings. The molecule has 4 heteroatoms. The van der Waals surface area contributed by atoms with Crippen molar-refractivity contribution in [1.29, 1.82) is 0 Å². The lowest BCUT2D eigenvalue weighted by atomic mass is 9.93. The van der Waals surface area contributed by atoms with Gasteiger partial charge in [-0.25, -0.2) is 0 Å². The maximum Gasteiger partial charge on any atom is 0.310 e. The molecule has 0 bridgehead atoms. The minimum absolute atomic E-state index is 0.558. The van der Waals surface area contributed by atoms with Crippen LogP contribution in [0.2, 0.25) is 0 Å². The van der Waals surface area contributed by atoms with E-state index in [1.165, 1.54) is 0 Å². The molecule has 0 aliphatic carbocycles. The van der Waals surface area contributed by atoms with Crippen LogP contribution in [0.3, 0.4) is 0 Å². The molecule has 0 amide bonds. The van der Waals surface area contributed by atoms with Crippen LogP contribution in [0.1, 0.15) is 18.4 Å². The van der Waals surface area contributed by atoms with Gasteiger partial charge in [0, 0.05) is 36.9 Å². The molecule has 0 aliphatic heterocycles. The summed E-state index contributed by atoms with van der Waals surface area (Å²) in [6.45, 7) is 1.71. The van der Waals surface area contributed by atoms with Crippen molar-refractivity contribution in [3.05, 3.63) is 60.3 Å². The molecule has 0 aliphatic rings.